The molecule has 1 amide bonds. The summed E-state index contributed by atoms with van der Waals surface area (Å²) >= 11 is 4.88. The van der Waals surface area contributed by atoms with E-state index in [9.17, 15) is 4.79 Å². The van der Waals surface area contributed by atoms with Gasteiger partial charge in [0.1, 0.15) is 5.69 Å². The van der Waals surface area contributed by atoms with Gasteiger partial charge in [-0.15, -0.1) is 11.3 Å². The van der Waals surface area contributed by atoms with Crippen LogP contribution in [0.1, 0.15) is 18.4 Å². The van der Waals surface area contributed by atoms with Gasteiger partial charge in [-0.05, 0) is 42.7 Å². The molecule has 1 aromatic carbocycles. The van der Waals surface area contributed by atoms with Crippen molar-refractivity contribution in [2.45, 2.75) is 18.3 Å². The molecule has 0 spiro atoms. The van der Waals surface area contributed by atoms with Crippen molar-refractivity contribution in [1.29, 1.82) is 0 Å². The maximum atomic E-state index is 12.7. The molecule has 4 nitrogen and oxygen atoms in total. The van der Waals surface area contributed by atoms with Gasteiger partial charge in [-0.1, -0.05) is 28.1 Å². The molecule has 23 heavy (non-hydrogen) atoms. The normalized spacial score (nSPS) is 15.3. The Kier molecular flexibility index (Phi) is 3.58. The van der Waals surface area contributed by atoms with E-state index >= 15 is 0 Å². The van der Waals surface area contributed by atoms with Crippen LogP contribution in [0.4, 0.5) is 5.13 Å². The number of amides is 1. The zero-order chi connectivity index (χ0) is 15.9. The van der Waals surface area contributed by atoms with Crippen LogP contribution < -0.4 is 5.32 Å². The van der Waals surface area contributed by atoms with Crippen LogP contribution in [0.2, 0.25) is 0 Å². The summed E-state index contributed by atoms with van der Waals surface area (Å²) in [6.07, 6.45) is 3.34. The summed E-state index contributed by atoms with van der Waals surface area (Å²) in [7, 11) is 0. The zero-order valence-electron chi connectivity index (χ0n) is 12.1. The predicted octanol–water partition coefficient (Wildman–Crippen LogP) is 4.84. The van der Waals surface area contributed by atoms with E-state index in [0.717, 1.165) is 28.6 Å². The van der Waals surface area contributed by atoms with Crippen LogP contribution in [-0.4, -0.2) is 10.9 Å². The lowest BCUT2D eigenvalue weighted by molar-refractivity contribution is -0.118. The van der Waals surface area contributed by atoms with Crippen molar-refractivity contribution in [3.05, 3.63) is 58.1 Å². The lowest BCUT2D eigenvalue weighted by Crippen LogP contribution is -2.27. The molecular formula is C17H13BrN2O2S. The van der Waals surface area contributed by atoms with E-state index in [1.165, 1.54) is 11.3 Å². The van der Waals surface area contributed by atoms with Crippen molar-refractivity contribution in [2.24, 2.45) is 0 Å². The number of nitrogens with one attached hydrogen (secondary N) is 1. The van der Waals surface area contributed by atoms with E-state index < -0.39 is 5.41 Å². The molecule has 1 aliphatic carbocycles. The van der Waals surface area contributed by atoms with Gasteiger partial charge in [0.05, 0.1) is 11.7 Å². The van der Waals surface area contributed by atoms with E-state index in [0.29, 0.717) is 10.9 Å². The Morgan fingerprint density at radius 1 is 1.30 bits per heavy atom. The molecule has 2 aromatic heterocycles. The second-order valence-electron chi connectivity index (χ2n) is 5.56. The molecule has 6 heteroatoms. The van der Waals surface area contributed by atoms with E-state index in [1.54, 1.807) is 6.26 Å². The largest absolute Gasteiger partial charge is 0.463 e. The van der Waals surface area contributed by atoms with Crippen LogP contribution in [0.5, 0.6) is 0 Å². The topological polar surface area (TPSA) is 55.1 Å². The van der Waals surface area contributed by atoms with Gasteiger partial charge in [0.25, 0.3) is 0 Å². The first-order valence-electron chi connectivity index (χ1n) is 7.24. The Balaban J connectivity index is 1.54. The average Bonchev–Trinajstić information content (AvgIpc) is 2.95. The number of rotatable bonds is 4. The van der Waals surface area contributed by atoms with Crippen molar-refractivity contribution >= 4 is 38.3 Å². The fraction of sp³-hybridized carbons (Fsp3) is 0.176. The molecule has 0 saturated heterocycles. The highest BCUT2D eigenvalue weighted by Crippen LogP contribution is 2.49. The molecule has 1 N–H and O–H groups in total. The summed E-state index contributed by atoms with van der Waals surface area (Å²) in [5.41, 5.74) is 1.37. The first-order chi connectivity index (χ1) is 11.2. The number of anilines is 1. The lowest BCUT2D eigenvalue weighted by Gasteiger charge is -2.14. The number of hydrogen-bond donors (Lipinski definition) is 1. The van der Waals surface area contributed by atoms with Crippen molar-refractivity contribution < 1.29 is 9.21 Å². The third kappa shape index (κ3) is 2.72. The average molecular weight is 389 g/mol. The number of thiazole rings is 1. The number of carbonyl (C=O) groups is 1. The molecular weight excluding hydrogens is 376 g/mol. The number of benzene rings is 1. The first-order valence-corrected chi connectivity index (χ1v) is 8.92. The minimum atomic E-state index is -0.416. The molecule has 1 fully saturated rings. The lowest BCUT2D eigenvalue weighted by atomic mass is 9.95. The monoisotopic (exact) mass is 388 g/mol. The van der Waals surface area contributed by atoms with Gasteiger partial charge in [0.15, 0.2) is 10.9 Å². The van der Waals surface area contributed by atoms with Crippen LogP contribution in [0.15, 0.2) is 56.9 Å². The van der Waals surface area contributed by atoms with Gasteiger partial charge in [-0.2, -0.15) is 0 Å². The predicted molar refractivity (Wildman–Crippen MR) is 93.5 cm³/mol. The summed E-state index contributed by atoms with van der Waals surface area (Å²) in [6, 6.07) is 11.6. The summed E-state index contributed by atoms with van der Waals surface area (Å²) < 4.78 is 6.32. The first kappa shape index (κ1) is 14.7. The number of furan rings is 1. The maximum Gasteiger partial charge on any atom is 0.236 e. The Bertz CT molecular complexity index is 853. The second-order valence-corrected chi connectivity index (χ2v) is 7.34. The second kappa shape index (κ2) is 5.62. The highest BCUT2D eigenvalue weighted by atomic mass is 79.9. The van der Waals surface area contributed by atoms with Crippen LogP contribution in [0.25, 0.3) is 11.5 Å². The standard InChI is InChI=1S/C17H13BrN2O2S/c18-12-4-1-3-11(9-12)17(6-7-17)15(21)20-16-19-13(10-23-16)14-5-2-8-22-14/h1-5,8-10H,6-7H2,(H,19,20,21). The zero-order valence-corrected chi connectivity index (χ0v) is 14.5. The Hall–Kier alpha value is -1.92. The molecule has 2 heterocycles. The molecule has 0 atom stereocenters. The van der Waals surface area contributed by atoms with Gasteiger partial charge in [0.2, 0.25) is 5.91 Å². The van der Waals surface area contributed by atoms with E-state index in [-0.39, 0.29) is 5.91 Å². The minimum absolute atomic E-state index is 0.0101. The van der Waals surface area contributed by atoms with E-state index in [2.05, 4.69) is 26.2 Å². The van der Waals surface area contributed by atoms with Crippen LogP contribution in [-0.2, 0) is 10.2 Å². The van der Waals surface area contributed by atoms with Gasteiger partial charge in [0, 0.05) is 9.85 Å². The number of aromatic nitrogens is 1. The summed E-state index contributed by atoms with van der Waals surface area (Å²) in [6.45, 7) is 0. The molecule has 0 bridgehead atoms. The number of hydrogen-bond acceptors (Lipinski definition) is 4. The fourth-order valence-corrected chi connectivity index (χ4v) is 3.74. The Labute approximate surface area is 145 Å². The van der Waals surface area contributed by atoms with Crippen molar-refractivity contribution in [1.82, 2.24) is 4.98 Å². The van der Waals surface area contributed by atoms with Crippen molar-refractivity contribution in [2.75, 3.05) is 5.32 Å². The molecule has 3 aromatic rings. The summed E-state index contributed by atoms with van der Waals surface area (Å²) in [5.74, 6) is 0.714. The Morgan fingerprint density at radius 3 is 2.87 bits per heavy atom. The van der Waals surface area contributed by atoms with Gasteiger partial charge >= 0.3 is 0 Å². The SMILES string of the molecule is O=C(Nc1nc(-c2ccco2)cs1)C1(c2cccc(Br)c2)CC1. The van der Waals surface area contributed by atoms with Gasteiger partial charge in [-0.3, -0.25) is 4.79 Å². The highest BCUT2D eigenvalue weighted by Gasteiger charge is 2.51. The van der Waals surface area contributed by atoms with Gasteiger partial charge < -0.3 is 9.73 Å². The molecule has 0 radical (unpaired) electrons. The highest BCUT2D eigenvalue weighted by molar-refractivity contribution is 9.10. The van der Waals surface area contributed by atoms with Gasteiger partial charge in [-0.25, -0.2) is 4.98 Å². The smallest absolute Gasteiger partial charge is 0.236 e. The van der Waals surface area contributed by atoms with Crippen LogP contribution in [0.3, 0.4) is 0 Å². The summed E-state index contributed by atoms with van der Waals surface area (Å²) in [5, 5.41) is 5.44. The molecule has 0 unspecified atom stereocenters. The molecule has 0 aliphatic heterocycles. The van der Waals surface area contributed by atoms with Crippen molar-refractivity contribution in [3.8, 4) is 11.5 Å². The third-order valence-electron chi connectivity index (χ3n) is 4.06. The molecule has 116 valence electrons. The van der Waals surface area contributed by atoms with Crippen molar-refractivity contribution in [3.63, 3.8) is 0 Å². The van der Waals surface area contributed by atoms with E-state index in [1.807, 2.05) is 41.8 Å². The molecule has 4 rings (SSSR count). The number of carbonyl (C=O) groups excluding carboxylic acids is 1. The maximum absolute atomic E-state index is 12.7. The number of nitrogens with zero attached hydrogens (tertiary/aromatic N) is 1. The number of halogens is 1. The fourth-order valence-electron chi connectivity index (χ4n) is 2.64. The molecule has 1 saturated carbocycles. The third-order valence-corrected chi connectivity index (χ3v) is 5.31. The van der Waals surface area contributed by atoms with E-state index in [4.69, 9.17) is 4.42 Å². The minimum Gasteiger partial charge on any atom is -0.463 e. The molecule has 1 aliphatic rings. The summed E-state index contributed by atoms with van der Waals surface area (Å²) in [4.78, 5) is 17.1. The Morgan fingerprint density at radius 2 is 2.17 bits per heavy atom. The van der Waals surface area contributed by atoms with Crippen LogP contribution in [0, 0.1) is 0 Å². The van der Waals surface area contributed by atoms with Crippen LogP contribution >= 0.6 is 27.3 Å². The quantitative estimate of drug-likeness (QED) is 0.695.